The van der Waals surface area contributed by atoms with Gasteiger partial charge in [0.15, 0.2) is 0 Å². The van der Waals surface area contributed by atoms with Crippen molar-refractivity contribution in [3.63, 3.8) is 0 Å². The molecule has 106 valence electrons. The Morgan fingerprint density at radius 3 is 2.58 bits per heavy atom. The van der Waals surface area contributed by atoms with Crippen LogP contribution in [0.15, 0.2) is 18.2 Å². The van der Waals surface area contributed by atoms with Crippen molar-refractivity contribution >= 4 is 17.5 Å². The Balaban J connectivity index is 2.80. The van der Waals surface area contributed by atoms with E-state index in [0.29, 0.717) is 23.6 Å². The zero-order valence-corrected chi connectivity index (χ0v) is 12.3. The molecule has 0 saturated heterocycles. The van der Waals surface area contributed by atoms with E-state index in [-0.39, 0.29) is 17.4 Å². The third-order valence-electron chi connectivity index (χ3n) is 3.03. The fourth-order valence-corrected chi connectivity index (χ4v) is 2.44. The van der Waals surface area contributed by atoms with Crippen molar-refractivity contribution in [3.8, 4) is 5.75 Å². The highest BCUT2D eigenvalue weighted by Gasteiger charge is 2.24. The van der Waals surface area contributed by atoms with Crippen molar-refractivity contribution in [2.24, 2.45) is 16.9 Å². The van der Waals surface area contributed by atoms with Gasteiger partial charge >= 0.3 is 0 Å². The predicted octanol–water partition coefficient (Wildman–Crippen LogP) is 2.64. The minimum atomic E-state index is -0.315. The van der Waals surface area contributed by atoms with Crippen LogP contribution in [0.25, 0.3) is 0 Å². The molecule has 4 nitrogen and oxygen atoms in total. The van der Waals surface area contributed by atoms with Crippen molar-refractivity contribution in [1.82, 2.24) is 0 Å². The normalized spacial score (nSPS) is 13.1. The van der Waals surface area contributed by atoms with Gasteiger partial charge in [0.05, 0.1) is 12.1 Å². The highest BCUT2D eigenvalue weighted by Crippen LogP contribution is 2.34. The van der Waals surface area contributed by atoms with Crippen LogP contribution in [0.3, 0.4) is 0 Å². The van der Waals surface area contributed by atoms with Gasteiger partial charge < -0.3 is 16.2 Å². The summed E-state index contributed by atoms with van der Waals surface area (Å²) in [5, 5.41) is 0.531. The summed E-state index contributed by atoms with van der Waals surface area (Å²) < 4.78 is 5.10. The number of hydrogen-bond acceptors (Lipinski definition) is 3. The predicted molar refractivity (Wildman–Crippen MR) is 77.1 cm³/mol. The monoisotopic (exact) mass is 284 g/mol. The lowest BCUT2D eigenvalue weighted by atomic mass is 9.81. The third-order valence-corrected chi connectivity index (χ3v) is 3.32. The molecule has 1 atom stereocenters. The second-order valence-electron chi connectivity index (χ2n) is 5.51. The van der Waals surface area contributed by atoms with Gasteiger partial charge in [-0.25, -0.2) is 0 Å². The molecule has 5 heteroatoms. The number of primary amides is 1. The van der Waals surface area contributed by atoms with Gasteiger partial charge in [-0.1, -0.05) is 31.5 Å². The van der Waals surface area contributed by atoms with Crippen molar-refractivity contribution in [2.45, 2.75) is 32.7 Å². The fraction of sp³-hybridized carbons (Fsp3) is 0.500. The zero-order chi connectivity index (χ0) is 14.6. The number of ether oxygens (including phenoxy) is 1. The average Bonchev–Trinajstić information content (AvgIpc) is 2.26. The van der Waals surface area contributed by atoms with E-state index in [1.807, 2.05) is 19.9 Å². The van der Waals surface area contributed by atoms with Crippen LogP contribution in [0.5, 0.6) is 5.75 Å². The molecule has 0 saturated carbocycles. The van der Waals surface area contributed by atoms with Crippen molar-refractivity contribution in [1.29, 1.82) is 0 Å². The van der Waals surface area contributed by atoms with Gasteiger partial charge in [0.25, 0.3) is 0 Å². The molecule has 1 aromatic carbocycles. The van der Waals surface area contributed by atoms with Crippen molar-refractivity contribution in [3.05, 3.63) is 28.8 Å². The van der Waals surface area contributed by atoms with Crippen LogP contribution >= 0.6 is 11.6 Å². The van der Waals surface area contributed by atoms with Crippen LogP contribution in [0.4, 0.5) is 0 Å². The molecule has 0 radical (unpaired) electrons. The number of hydrogen-bond donors (Lipinski definition) is 2. The number of benzene rings is 1. The van der Waals surface area contributed by atoms with Gasteiger partial charge in [-0.3, -0.25) is 4.79 Å². The molecular formula is C14H21ClN2O2. The molecule has 1 unspecified atom stereocenters. The van der Waals surface area contributed by atoms with Crippen LogP contribution in [0.2, 0.25) is 5.02 Å². The molecule has 0 bridgehead atoms. The number of halogens is 1. The largest absolute Gasteiger partial charge is 0.495 e. The maximum atomic E-state index is 11.0. The first-order valence-electron chi connectivity index (χ1n) is 6.12. The molecule has 0 aromatic heterocycles. The minimum Gasteiger partial charge on any atom is -0.495 e. The SMILES string of the molecule is COc1ccc(C(N)CC(C)(C)CC(N)=O)cc1Cl. The Labute approximate surface area is 119 Å². The first kappa shape index (κ1) is 15.8. The second-order valence-corrected chi connectivity index (χ2v) is 5.92. The summed E-state index contributed by atoms with van der Waals surface area (Å²) in [4.78, 5) is 11.0. The van der Waals surface area contributed by atoms with Crippen molar-refractivity contribution < 1.29 is 9.53 Å². The summed E-state index contributed by atoms with van der Waals surface area (Å²) >= 11 is 6.07. The Kier molecular flexibility index (Phi) is 5.20. The number of carbonyl (C=O) groups is 1. The highest BCUT2D eigenvalue weighted by molar-refractivity contribution is 6.32. The fourth-order valence-electron chi connectivity index (χ4n) is 2.17. The van der Waals surface area contributed by atoms with Gasteiger partial charge in [-0.2, -0.15) is 0 Å². The molecule has 0 aliphatic rings. The molecule has 1 amide bonds. The molecule has 0 heterocycles. The maximum absolute atomic E-state index is 11.0. The molecule has 19 heavy (non-hydrogen) atoms. The van der Waals surface area contributed by atoms with Gasteiger partial charge in [0.2, 0.25) is 5.91 Å². The van der Waals surface area contributed by atoms with E-state index in [1.165, 1.54) is 0 Å². The van der Waals surface area contributed by atoms with E-state index >= 15 is 0 Å². The van der Waals surface area contributed by atoms with E-state index in [0.717, 1.165) is 5.56 Å². The smallest absolute Gasteiger partial charge is 0.217 e. The summed E-state index contributed by atoms with van der Waals surface area (Å²) in [6, 6.07) is 5.28. The Hall–Kier alpha value is -1.26. The van der Waals surface area contributed by atoms with Crippen molar-refractivity contribution in [2.75, 3.05) is 7.11 Å². The molecule has 4 N–H and O–H groups in total. The van der Waals surface area contributed by atoms with Crippen LogP contribution in [-0.2, 0) is 4.79 Å². The minimum absolute atomic E-state index is 0.197. The third kappa shape index (κ3) is 4.73. The maximum Gasteiger partial charge on any atom is 0.217 e. The molecule has 0 spiro atoms. The Bertz CT molecular complexity index is 461. The lowest BCUT2D eigenvalue weighted by molar-refractivity contribution is -0.120. The number of carbonyl (C=O) groups excluding carboxylic acids is 1. The van der Waals surface area contributed by atoms with Gasteiger partial charge in [-0.15, -0.1) is 0 Å². The lowest BCUT2D eigenvalue weighted by Crippen LogP contribution is -2.27. The van der Waals surface area contributed by atoms with E-state index in [2.05, 4.69) is 0 Å². The lowest BCUT2D eigenvalue weighted by Gasteiger charge is -2.27. The molecule has 1 aromatic rings. The molecule has 0 aliphatic heterocycles. The summed E-state index contributed by atoms with van der Waals surface area (Å²) in [7, 11) is 1.57. The zero-order valence-electron chi connectivity index (χ0n) is 11.6. The molecule has 0 aliphatic carbocycles. The second kappa shape index (κ2) is 6.26. The summed E-state index contributed by atoms with van der Waals surface area (Å²) in [6.45, 7) is 3.95. The Morgan fingerprint density at radius 1 is 1.47 bits per heavy atom. The molecule has 1 rings (SSSR count). The highest BCUT2D eigenvalue weighted by atomic mass is 35.5. The summed E-state index contributed by atoms with van der Waals surface area (Å²) in [5.41, 5.74) is 12.1. The van der Waals surface area contributed by atoms with Gasteiger partial charge in [0.1, 0.15) is 5.75 Å². The molecular weight excluding hydrogens is 264 g/mol. The van der Waals surface area contributed by atoms with Crippen LogP contribution in [0.1, 0.15) is 38.3 Å². The first-order chi connectivity index (χ1) is 8.75. The first-order valence-corrected chi connectivity index (χ1v) is 6.50. The van der Waals surface area contributed by atoms with E-state index in [1.54, 1.807) is 19.2 Å². The summed E-state index contributed by atoms with van der Waals surface area (Å²) in [5.74, 6) is 0.305. The van der Waals surface area contributed by atoms with E-state index in [9.17, 15) is 4.79 Å². The van der Waals surface area contributed by atoms with Crippen LogP contribution < -0.4 is 16.2 Å². The number of amides is 1. The van der Waals surface area contributed by atoms with Gasteiger partial charge in [-0.05, 0) is 29.5 Å². The standard InChI is InChI=1S/C14H21ClN2O2/c1-14(2,8-13(17)18)7-11(16)9-4-5-12(19-3)10(15)6-9/h4-6,11H,7-8,16H2,1-3H3,(H2,17,18). The van der Waals surface area contributed by atoms with E-state index in [4.69, 9.17) is 27.8 Å². The molecule has 0 fully saturated rings. The number of nitrogens with two attached hydrogens (primary N) is 2. The van der Waals surface area contributed by atoms with Gasteiger partial charge in [0, 0.05) is 12.5 Å². The van der Waals surface area contributed by atoms with E-state index < -0.39 is 0 Å². The van der Waals surface area contributed by atoms with Crippen LogP contribution in [-0.4, -0.2) is 13.0 Å². The Morgan fingerprint density at radius 2 is 2.11 bits per heavy atom. The number of rotatable bonds is 6. The topological polar surface area (TPSA) is 78.3 Å². The quantitative estimate of drug-likeness (QED) is 0.843. The van der Waals surface area contributed by atoms with Crippen LogP contribution in [0, 0.1) is 5.41 Å². The number of methoxy groups -OCH3 is 1. The average molecular weight is 285 g/mol. The summed E-state index contributed by atoms with van der Waals surface area (Å²) in [6.07, 6.45) is 0.961.